The lowest BCUT2D eigenvalue weighted by molar-refractivity contribution is 1.06. The molecule has 1 aromatic heterocycles. The fourth-order valence-corrected chi connectivity index (χ4v) is 4.55. The molecule has 0 radical (unpaired) electrons. The molecular formula is C34H30N4. The molecule has 38 heavy (non-hydrogen) atoms. The second-order valence-corrected chi connectivity index (χ2v) is 9.08. The van der Waals surface area contributed by atoms with Gasteiger partial charge in [0.2, 0.25) is 0 Å². The van der Waals surface area contributed by atoms with E-state index in [1.807, 2.05) is 36.4 Å². The Morgan fingerprint density at radius 1 is 0.632 bits per heavy atom. The molecule has 0 atom stereocenters. The summed E-state index contributed by atoms with van der Waals surface area (Å²) in [4.78, 5) is 4.77. The smallest absolute Gasteiger partial charge is 0.122 e. The van der Waals surface area contributed by atoms with E-state index in [1.165, 1.54) is 33.1 Å². The molecule has 186 valence electrons. The van der Waals surface area contributed by atoms with Gasteiger partial charge in [-0.05, 0) is 42.3 Å². The number of amidine groups is 1. The lowest BCUT2D eigenvalue weighted by Gasteiger charge is -2.09. The minimum atomic E-state index is 0.121. The van der Waals surface area contributed by atoms with Gasteiger partial charge in [0, 0.05) is 27.7 Å². The maximum absolute atomic E-state index is 7.01. The zero-order valence-corrected chi connectivity index (χ0v) is 21.4. The average molecular weight is 495 g/mol. The maximum Gasteiger partial charge on any atom is 0.122 e. The summed E-state index contributed by atoms with van der Waals surface area (Å²) in [5.74, 6) is 0.121. The Hall–Kier alpha value is -4.96. The summed E-state index contributed by atoms with van der Waals surface area (Å²) < 4.78 is 2.34. The van der Waals surface area contributed by atoms with Crippen molar-refractivity contribution >= 4 is 33.4 Å². The van der Waals surface area contributed by atoms with E-state index >= 15 is 0 Å². The molecule has 4 heteroatoms. The number of aliphatic imine (C=N–C) groups is 1. The van der Waals surface area contributed by atoms with Crippen LogP contribution in [-0.2, 0) is 6.54 Å². The molecule has 0 aliphatic carbocycles. The summed E-state index contributed by atoms with van der Waals surface area (Å²) in [7, 11) is 0. The molecule has 0 aliphatic heterocycles. The molecular weight excluding hydrogens is 464 g/mol. The number of para-hydroxylation sites is 2. The predicted molar refractivity (Wildman–Crippen MR) is 161 cm³/mol. The van der Waals surface area contributed by atoms with Crippen molar-refractivity contribution in [3.63, 3.8) is 0 Å². The van der Waals surface area contributed by atoms with Gasteiger partial charge in [-0.3, -0.25) is 10.4 Å². The van der Waals surface area contributed by atoms with Crippen LogP contribution in [0.1, 0.15) is 23.6 Å². The summed E-state index contributed by atoms with van der Waals surface area (Å²) in [6.07, 6.45) is 0. The topological polar surface area (TPSA) is 67.2 Å². The van der Waals surface area contributed by atoms with Gasteiger partial charge in [-0.2, -0.15) is 0 Å². The molecule has 6 rings (SSSR count). The minimum absolute atomic E-state index is 0.121. The zero-order valence-electron chi connectivity index (χ0n) is 21.4. The summed E-state index contributed by atoms with van der Waals surface area (Å²) in [6, 6.07) is 45.5. The van der Waals surface area contributed by atoms with Gasteiger partial charge in [-0.1, -0.05) is 109 Å². The molecule has 6 aromatic rings. The van der Waals surface area contributed by atoms with Crippen LogP contribution in [-0.4, -0.2) is 16.1 Å². The Morgan fingerprint density at radius 2 is 1.13 bits per heavy atom. The van der Waals surface area contributed by atoms with Gasteiger partial charge in [0.1, 0.15) is 5.84 Å². The highest BCUT2D eigenvalue weighted by atomic mass is 15.0. The van der Waals surface area contributed by atoms with E-state index in [0.717, 1.165) is 16.8 Å². The largest absolute Gasteiger partial charge is 0.384 e. The summed E-state index contributed by atoms with van der Waals surface area (Å²) in [5.41, 5.74) is 13.1. The first-order valence-corrected chi connectivity index (χ1v) is 12.7. The van der Waals surface area contributed by atoms with Crippen LogP contribution in [0, 0.1) is 5.41 Å². The predicted octanol–water partition coefficient (Wildman–Crippen LogP) is 7.76. The highest BCUT2D eigenvalue weighted by molar-refractivity contribution is 6.09. The number of nitrogens with zero attached hydrogens (tertiary/aromatic N) is 2. The molecule has 5 aromatic carbocycles. The van der Waals surface area contributed by atoms with E-state index in [0.29, 0.717) is 6.54 Å². The van der Waals surface area contributed by atoms with E-state index in [9.17, 15) is 0 Å². The Bertz CT molecular complexity index is 1640. The average Bonchev–Trinajstić information content (AvgIpc) is 3.32. The first-order valence-electron chi connectivity index (χ1n) is 12.7. The number of rotatable bonds is 5. The Morgan fingerprint density at radius 3 is 1.66 bits per heavy atom. The van der Waals surface area contributed by atoms with Crippen molar-refractivity contribution in [3.05, 3.63) is 150 Å². The van der Waals surface area contributed by atoms with Crippen LogP contribution >= 0.6 is 0 Å². The molecule has 0 bridgehead atoms. The van der Waals surface area contributed by atoms with Crippen molar-refractivity contribution in [2.75, 3.05) is 0 Å². The van der Waals surface area contributed by atoms with Crippen LogP contribution in [0.2, 0.25) is 0 Å². The monoisotopic (exact) mass is 494 g/mol. The van der Waals surface area contributed by atoms with E-state index in [-0.39, 0.29) is 5.84 Å². The van der Waals surface area contributed by atoms with Crippen molar-refractivity contribution < 1.29 is 0 Å². The molecule has 0 amide bonds. The number of hydrogen-bond acceptors (Lipinski definition) is 2. The number of nitrogens with one attached hydrogen (secondary N) is 1. The molecule has 4 nitrogen and oxygen atoms in total. The first kappa shape index (κ1) is 24.7. The third-order valence-corrected chi connectivity index (χ3v) is 6.55. The molecule has 0 saturated heterocycles. The van der Waals surface area contributed by atoms with Crippen LogP contribution in [0.5, 0.6) is 0 Å². The number of nitrogens with two attached hydrogens (primary N) is 1. The second-order valence-electron chi connectivity index (χ2n) is 9.08. The van der Waals surface area contributed by atoms with Gasteiger partial charge in [0.15, 0.2) is 0 Å². The summed E-state index contributed by atoms with van der Waals surface area (Å²) in [5, 5.41) is 9.58. The van der Waals surface area contributed by atoms with Crippen molar-refractivity contribution in [2.45, 2.75) is 13.5 Å². The second kappa shape index (κ2) is 11.4. The number of hydrogen-bond donors (Lipinski definition) is 2. The lowest BCUT2D eigenvalue weighted by Crippen LogP contribution is -2.10. The Balaban J connectivity index is 0.000000278. The molecule has 0 unspecified atom stereocenters. The van der Waals surface area contributed by atoms with E-state index in [1.54, 1.807) is 0 Å². The van der Waals surface area contributed by atoms with Crippen molar-refractivity contribution in [3.8, 4) is 5.69 Å². The van der Waals surface area contributed by atoms with Gasteiger partial charge in [-0.25, -0.2) is 0 Å². The van der Waals surface area contributed by atoms with E-state index < -0.39 is 0 Å². The van der Waals surface area contributed by atoms with E-state index in [2.05, 4.69) is 109 Å². The van der Waals surface area contributed by atoms with Gasteiger partial charge in [-0.15, -0.1) is 0 Å². The highest BCUT2D eigenvalue weighted by Gasteiger charge is 2.11. The molecule has 0 spiro atoms. The van der Waals surface area contributed by atoms with Gasteiger partial charge in [0.05, 0.1) is 17.6 Å². The number of fused-ring (bicyclic) bond motifs is 3. The van der Waals surface area contributed by atoms with Gasteiger partial charge >= 0.3 is 0 Å². The van der Waals surface area contributed by atoms with Crippen LogP contribution in [0.15, 0.2) is 138 Å². The van der Waals surface area contributed by atoms with Crippen LogP contribution in [0.3, 0.4) is 0 Å². The molecule has 0 saturated carbocycles. The SMILES string of the molecule is CC(=NCc1ccccc1)c1ccc(-n2c3ccccc3c3ccccc32)cc1.N=C(N)c1ccccc1. The normalized spacial score (nSPS) is 11.2. The molecule has 0 fully saturated rings. The summed E-state index contributed by atoms with van der Waals surface area (Å²) >= 11 is 0. The van der Waals surface area contributed by atoms with E-state index in [4.69, 9.17) is 16.1 Å². The quantitative estimate of drug-likeness (QED) is 0.187. The fraction of sp³-hybridized carbons (Fsp3) is 0.0588. The highest BCUT2D eigenvalue weighted by Crippen LogP contribution is 2.31. The number of nitrogen functional groups attached to an aromatic ring is 1. The fourth-order valence-electron chi connectivity index (χ4n) is 4.55. The third-order valence-electron chi connectivity index (χ3n) is 6.55. The molecule has 0 aliphatic rings. The zero-order chi connectivity index (χ0) is 26.3. The number of benzene rings is 5. The Kier molecular flexibility index (Phi) is 7.42. The number of aromatic nitrogens is 1. The van der Waals surface area contributed by atoms with Crippen LogP contribution in [0.25, 0.3) is 27.5 Å². The standard InChI is InChI=1S/C27H22N2.C7H8N2/c1-20(28-19-21-9-3-2-4-10-21)22-15-17-23(18-16-22)29-26-13-7-5-11-24(26)25-12-6-8-14-27(25)29;8-7(9)6-4-2-1-3-5-6/h2-18H,19H2,1H3;1-5H,(H3,8,9). The van der Waals surface area contributed by atoms with Crippen LogP contribution in [0.4, 0.5) is 0 Å². The van der Waals surface area contributed by atoms with Crippen LogP contribution < -0.4 is 5.73 Å². The van der Waals surface area contributed by atoms with Crippen molar-refractivity contribution in [1.29, 1.82) is 5.41 Å². The van der Waals surface area contributed by atoms with Gasteiger partial charge < -0.3 is 10.3 Å². The third kappa shape index (κ3) is 5.40. The summed E-state index contributed by atoms with van der Waals surface area (Å²) in [6.45, 7) is 2.79. The van der Waals surface area contributed by atoms with Gasteiger partial charge in [0.25, 0.3) is 0 Å². The lowest BCUT2D eigenvalue weighted by atomic mass is 10.1. The first-order chi connectivity index (χ1) is 18.6. The molecule has 3 N–H and O–H groups in total. The molecule has 1 heterocycles. The van der Waals surface area contributed by atoms with Crippen molar-refractivity contribution in [1.82, 2.24) is 4.57 Å². The van der Waals surface area contributed by atoms with Crippen molar-refractivity contribution in [2.24, 2.45) is 10.7 Å². The maximum atomic E-state index is 7.01. The Labute approximate surface area is 223 Å². The minimum Gasteiger partial charge on any atom is -0.384 e.